The number of aryl methyl sites for hydroxylation is 1. The van der Waals surface area contributed by atoms with E-state index in [4.69, 9.17) is 4.74 Å². The molecule has 0 bridgehead atoms. The van der Waals surface area contributed by atoms with Gasteiger partial charge in [-0.3, -0.25) is 9.48 Å². The molecule has 0 aliphatic rings. The number of aromatic nitrogens is 4. The summed E-state index contributed by atoms with van der Waals surface area (Å²) in [6.07, 6.45) is 5.30. The van der Waals surface area contributed by atoms with Gasteiger partial charge in [0.15, 0.2) is 12.4 Å². The van der Waals surface area contributed by atoms with Crippen LogP contribution in [0.25, 0.3) is 22.6 Å². The SMILES string of the molecule is Cn1ccnc1-c1c(-c2ccc(F)cc2)cnn1CCNC(=O)COc1ccccc1. The smallest absolute Gasteiger partial charge is 0.258 e. The summed E-state index contributed by atoms with van der Waals surface area (Å²) in [5.41, 5.74) is 2.48. The molecule has 4 rings (SSSR count). The Kier molecular flexibility index (Phi) is 6.07. The first-order valence-electron chi connectivity index (χ1n) is 9.86. The minimum absolute atomic E-state index is 0.0594. The Bertz CT molecular complexity index is 1150. The number of benzene rings is 2. The van der Waals surface area contributed by atoms with Crippen LogP contribution in [0.3, 0.4) is 0 Å². The van der Waals surface area contributed by atoms with E-state index in [1.165, 1.54) is 12.1 Å². The zero-order valence-corrected chi connectivity index (χ0v) is 17.0. The molecule has 0 fully saturated rings. The molecule has 0 saturated carbocycles. The fraction of sp³-hybridized carbons (Fsp3) is 0.174. The molecule has 31 heavy (non-hydrogen) atoms. The van der Waals surface area contributed by atoms with Crippen molar-refractivity contribution in [1.82, 2.24) is 24.6 Å². The number of para-hydroxylation sites is 1. The van der Waals surface area contributed by atoms with Gasteiger partial charge in [-0.25, -0.2) is 9.37 Å². The zero-order valence-electron chi connectivity index (χ0n) is 17.0. The number of hydrogen-bond acceptors (Lipinski definition) is 4. The Morgan fingerprint density at radius 1 is 1.13 bits per heavy atom. The maximum Gasteiger partial charge on any atom is 0.258 e. The predicted molar refractivity (Wildman–Crippen MR) is 115 cm³/mol. The molecule has 7 nitrogen and oxygen atoms in total. The van der Waals surface area contributed by atoms with Gasteiger partial charge in [-0.15, -0.1) is 0 Å². The third-order valence-corrected chi connectivity index (χ3v) is 4.79. The van der Waals surface area contributed by atoms with Gasteiger partial charge in [-0.05, 0) is 29.8 Å². The normalized spacial score (nSPS) is 10.8. The highest BCUT2D eigenvalue weighted by Gasteiger charge is 2.18. The number of nitrogens with one attached hydrogen (secondary N) is 1. The first-order valence-corrected chi connectivity index (χ1v) is 9.86. The fourth-order valence-electron chi connectivity index (χ4n) is 3.24. The van der Waals surface area contributed by atoms with Gasteiger partial charge in [-0.1, -0.05) is 30.3 Å². The van der Waals surface area contributed by atoms with E-state index in [0.717, 1.165) is 22.6 Å². The summed E-state index contributed by atoms with van der Waals surface area (Å²) in [7, 11) is 1.90. The van der Waals surface area contributed by atoms with Crippen LogP contribution in [0.15, 0.2) is 73.2 Å². The Morgan fingerprint density at radius 3 is 2.61 bits per heavy atom. The number of ether oxygens (including phenoxy) is 1. The van der Waals surface area contributed by atoms with Crippen molar-refractivity contribution in [2.24, 2.45) is 7.05 Å². The number of nitrogens with zero attached hydrogens (tertiary/aromatic N) is 4. The van der Waals surface area contributed by atoms with E-state index in [2.05, 4.69) is 15.4 Å². The van der Waals surface area contributed by atoms with Crippen LogP contribution in [0.2, 0.25) is 0 Å². The summed E-state index contributed by atoms with van der Waals surface area (Å²) >= 11 is 0. The topological polar surface area (TPSA) is 74.0 Å². The van der Waals surface area contributed by atoms with E-state index < -0.39 is 0 Å². The molecule has 2 aromatic carbocycles. The fourth-order valence-corrected chi connectivity index (χ4v) is 3.24. The minimum atomic E-state index is -0.296. The van der Waals surface area contributed by atoms with Gasteiger partial charge in [0.05, 0.1) is 12.7 Å². The third kappa shape index (κ3) is 4.80. The van der Waals surface area contributed by atoms with E-state index in [1.807, 2.05) is 36.0 Å². The molecule has 0 spiro atoms. The lowest BCUT2D eigenvalue weighted by Gasteiger charge is -2.11. The highest BCUT2D eigenvalue weighted by atomic mass is 19.1. The number of rotatable bonds is 8. The molecule has 0 aliphatic carbocycles. The van der Waals surface area contributed by atoms with Crippen molar-refractivity contribution in [2.45, 2.75) is 6.54 Å². The molecule has 8 heteroatoms. The van der Waals surface area contributed by atoms with Crippen molar-refractivity contribution in [3.8, 4) is 28.4 Å². The van der Waals surface area contributed by atoms with E-state index >= 15 is 0 Å². The first kappa shape index (κ1) is 20.3. The zero-order chi connectivity index (χ0) is 21.6. The summed E-state index contributed by atoms with van der Waals surface area (Å²) in [6.45, 7) is 0.760. The molecule has 0 radical (unpaired) electrons. The Labute approximate surface area is 179 Å². The summed E-state index contributed by atoms with van der Waals surface area (Å²) in [4.78, 5) is 16.6. The average Bonchev–Trinajstić information content (AvgIpc) is 3.39. The highest BCUT2D eigenvalue weighted by molar-refractivity contribution is 5.78. The van der Waals surface area contributed by atoms with Crippen molar-refractivity contribution < 1.29 is 13.9 Å². The summed E-state index contributed by atoms with van der Waals surface area (Å²) in [5, 5.41) is 7.33. The third-order valence-electron chi connectivity index (χ3n) is 4.79. The Balaban J connectivity index is 1.46. The van der Waals surface area contributed by atoms with Crippen LogP contribution < -0.4 is 10.1 Å². The van der Waals surface area contributed by atoms with E-state index in [-0.39, 0.29) is 18.3 Å². The Hall–Kier alpha value is -3.94. The van der Waals surface area contributed by atoms with Crippen molar-refractivity contribution in [1.29, 1.82) is 0 Å². The molecule has 2 aromatic heterocycles. The first-order chi connectivity index (χ1) is 15.1. The molecule has 0 unspecified atom stereocenters. The molecule has 1 N–H and O–H groups in total. The predicted octanol–water partition coefficient (Wildman–Crippen LogP) is 3.28. The molecule has 4 aromatic rings. The van der Waals surface area contributed by atoms with Crippen molar-refractivity contribution in [3.05, 3.63) is 79.0 Å². The van der Waals surface area contributed by atoms with Crippen molar-refractivity contribution in [2.75, 3.05) is 13.2 Å². The molecule has 0 saturated heterocycles. The van der Waals surface area contributed by atoms with Crippen LogP contribution >= 0.6 is 0 Å². The van der Waals surface area contributed by atoms with E-state index in [9.17, 15) is 9.18 Å². The van der Waals surface area contributed by atoms with Gasteiger partial charge in [0.2, 0.25) is 0 Å². The van der Waals surface area contributed by atoms with Crippen molar-refractivity contribution >= 4 is 5.91 Å². The number of halogens is 1. The number of carbonyl (C=O) groups is 1. The second-order valence-corrected chi connectivity index (χ2v) is 6.95. The van der Waals surface area contributed by atoms with Crippen LogP contribution in [0.5, 0.6) is 5.75 Å². The lowest BCUT2D eigenvalue weighted by molar-refractivity contribution is -0.123. The van der Waals surface area contributed by atoms with Crippen LogP contribution in [0.1, 0.15) is 0 Å². The number of hydrogen-bond donors (Lipinski definition) is 1. The summed E-state index contributed by atoms with van der Waals surface area (Å²) in [5.74, 6) is 0.865. The average molecular weight is 419 g/mol. The number of imidazole rings is 1. The Morgan fingerprint density at radius 2 is 1.90 bits per heavy atom. The summed E-state index contributed by atoms with van der Waals surface area (Å²) < 4.78 is 22.5. The second-order valence-electron chi connectivity index (χ2n) is 6.95. The molecular weight excluding hydrogens is 397 g/mol. The summed E-state index contributed by atoms with van der Waals surface area (Å²) in [6, 6.07) is 15.4. The molecule has 0 atom stereocenters. The van der Waals surface area contributed by atoms with Gasteiger partial charge in [-0.2, -0.15) is 5.10 Å². The molecule has 1 amide bonds. The highest BCUT2D eigenvalue weighted by Crippen LogP contribution is 2.31. The standard InChI is InChI=1S/C23H22FN5O2/c1-28-13-11-26-23(28)22-20(17-7-9-18(24)10-8-17)15-27-29(22)14-12-25-21(30)16-31-19-5-3-2-4-6-19/h2-11,13,15H,12,14,16H2,1H3,(H,25,30). The van der Waals surface area contributed by atoms with Crippen LogP contribution in [-0.4, -0.2) is 38.4 Å². The maximum absolute atomic E-state index is 13.4. The van der Waals surface area contributed by atoms with Gasteiger partial charge >= 0.3 is 0 Å². The maximum atomic E-state index is 13.4. The quantitative estimate of drug-likeness (QED) is 0.476. The van der Waals surface area contributed by atoms with Crippen LogP contribution in [0.4, 0.5) is 4.39 Å². The second kappa shape index (κ2) is 9.25. The molecule has 2 heterocycles. The molecule has 158 valence electrons. The van der Waals surface area contributed by atoms with Crippen LogP contribution in [-0.2, 0) is 18.4 Å². The van der Waals surface area contributed by atoms with Gasteiger partial charge < -0.3 is 14.6 Å². The van der Waals surface area contributed by atoms with Crippen molar-refractivity contribution in [3.63, 3.8) is 0 Å². The molecular formula is C23H22FN5O2. The molecule has 0 aliphatic heterocycles. The van der Waals surface area contributed by atoms with Gasteiger partial charge in [0.1, 0.15) is 17.3 Å². The van der Waals surface area contributed by atoms with Gasteiger partial charge in [0, 0.05) is 31.5 Å². The lowest BCUT2D eigenvalue weighted by Crippen LogP contribution is -2.32. The monoisotopic (exact) mass is 419 g/mol. The minimum Gasteiger partial charge on any atom is -0.484 e. The van der Waals surface area contributed by atoms with Crippen LogP contribution in [0, 0.1) is 5.82 Å². The largest absolute Gasteiger partial charge is 0.484 e. The van der Waals surface area contributed by atoms with E-state index in [0.29, 0.717) is 18.8 Å². The number of amides is 1. The van der Waals surface area contributed by atoms with E-state index in [1.54, 1.807) is 41.3 Å². The number of carbonyl (C=O) groups excluding carboxylic acids is 1. The van der Waals surface area contributed by atoms with Gasteiger partial charge in [0.25, 0.3) is 5.91 Å². The lowest BCUT2D eigenvalue weighted by atomic mass is 10.1.